The van der Waals surface area contributed by atoms with Gasteiger partial charge in [0.05, 0.1) is 12.7 Å². The molecule has 2 unspecified atom stereocenters. The molecule has 0 aromatic heterocycles. The van der Waals surface area contributed by atoms with Gasteiger partial charge >= 0.3 is 0 Å². The van der Waals surface area contributed by atoms with Gasteiger partial charge in [0.2, 0.25) is 0 Å². The maximum atomic E-state index is 8.98. The number of hydrogen-bond donors (Lipinski definition) is 2. The van der Waals surface area contributed by atoms with Gasteiger partial charge in [-0.1, -0.05) is 13.8 Å². The molecule has 14 heavy (non-hydrogen) atoms. The average Bonchev–Trinajstić information content (AvgIpc) is 2.02. The topological polar surface area (TPSA) is 55.5 Å². The molecule has 0 aliphatic heterocycles. The van der Waals surface area contributed by atoms with Crippen molar-refractivity contribution in [2.75, 3.05) is 13.2 Å². The smallest absolute Gasteiger partial charge is 0.0609 e. The van der Waals surface area contributed by atoms with Crippen LogP contribution in [0.5, 0.6) is 0 Å². The Hall–Kier alpha value is -0.120. The lowest BCUT2D eigenvalue weighted by Gasteiger charge is -2.25. The second-order valence-corrected chi connectivity index (χ2v) is 4.88. The molecule has 0 aromatic carbocycles. The highest BCUT2D eigenvalue weighted by molar-refractivity contribution is 4.79. The SMILES string of the molecule is CC(C)CCOC(C)CC(C)(N)CO. The van der Waals surface area contributed by atoms with Crippen LogP contribution < -0.4 is 5.73 Å². The van der Waals surface area contributed by atoms with Crippen molar-refractivity contribution < 1.29 is 9.84 Å². The van der Waals surface area contributed by atoms with Crippen LogP contribution in [0, 0.1) is 5.92 Å². The highest BCUT2D eigenvalue weighted by Crippen LogP contribution is 2.11. The maximum absolute atomic E-state index is 8.98. The molecule has 0 heterocycles. The summed E-state index contributed by atoms with van der Waals surface area (Å²) in [5.41, 5.74) is 5.30. The Kier molecular flexibility index (Phi) is 6.33. The van der Waals surface area contributed by atoms with Gasteiger partial charge in [-0.05, 0) is 32.6 Å². The molecule has 3 N–H and O–H groups in total. The van der Waals surface area contributed by atoms with E-state index in [2.05, 4.69) is 13.8 Å². The van der Waals surface area contributed by atoms with Crippen LogP contribution in [0.1, 0.15) is 40.5 Å². The summed E-state index contributed by atoms with van der Waals surface area (Å²) in [6.45, 7) is 8.98. The first-order valence-corrected chi connectivity index (χ1v) is 5.38. The van der Waals surface area contributed by atoms with Crippen LogP contribution in [-0.4, -0.2) is 30.0 Å². The molecule has 3 heteroatoms. The zero-order valence-corrected chi connectivity index (χ0v) is 9.92. The van der Waals surface area contributed by atoms with Crippen molar-refractivity contribution in [3.05, 3.63) is 0 Å². The third kappa shape index (κ3) is 7.30. The van der Waals surface area contributed by atoms with Crippen molar-refractivity contribution in [2.24, 2.45) is 11.7 Å². The van der Waals surface area contributed by atoms with Gasteiger partial charge in [0, 0.05) is 12.1 Å². The van der Waals surface area contributed by atoms with Gasteiger partial charge in [0.1, 0.15) is 0 Å². The lowest BCUT2D eigenvalue weighted by Crippen LogP contribution is -2.43. The molecular formula is C11H25NO2. The maximum Gasteiger partial charge on any atom is 0.0609 e. The number of aliphatic hydroxyl groups is 1. The van der Waals surface area contributed by atoms with Crippen LogP contribution >= 0.6 is 0 Å². The van der Waals surface area contributed by atoms with E-state index in [4.69, 9.17) is 15.6 Å². The summed E-state index contributed by atoms with van der Waals surface area (Å²) < 4.78 is 5.60. The molecule has 0 rings (SSSR count). The molecule has 0 spiro atoms. The summed E-state index contributed by atoms with van der Waals surface area (Å²) in [5, 5.41) is 8.98. The molecule has 0 saturated carbocycles. The van der Waals surface area contributed by atoms with Crippen LogP contribution in [0.25, 0.3) is 0 Å². The van der Waals surface area contributed by atoms with Crippen LogP contribution in [0.3, 0.4) is 0 Å². The molecule has 86 valence electrons. The predicted octanol–water partition coefficient (Wildman–Crippen LogP) is 1.54. The Bertz CT molecular complexity index is 146. The van der Waals surface area contributed by atoms with Crippen molar-refractivity contribution in [3.8, 4) is 0 Å². The fourth-order valence-corrected chi connectivity index (χ4v) is 1.29. The number of rotatable bonds is 7. The molecule has 0 radical (unpaired) electrons. The van der Waals surface area contributed by atoms with E-state index < -0.39 is 5.54 Å². The first-order valence-electron chi connectivity index (χ1n) is 5.38. The molecule has 0 aliphatic carbocycles. The highest BCUT2D eigenvalue weighted by atomic mass is 16.5. The molecule has 0 amide bonds. The van der Waals surface area contributed by atoms with Crippen LogP contribution in [0.2, 0.25) is 0 Å². The monoisotopic (exact) mass is 203 g/mol. The first-order chi connectivity index (χ1) is 6.37. The van der Waals surface area contributed by atoms with E-state index in [0.717, 1.165) is 13.0 Å². The van der Waals surface area contributed by atoms with Crippen LogP contribution in [-0.2, 0) is 4.74 Å². The van der Waals surface area contributed by atoms with Gasteiger partial charge in [-0.15, -0.1) is 0 Å². The second-order valence-electron chi connectivity index (χ2n) is 4.88. The first kappa shape index (κ1) is 13.9. The lowest BCUT2D eigenvalue weighted by atomic mass is 9.97. The van der Waals surface area contributed by atoms with E-state index >= 15 is 0 Å². The summed E-state index contributed by atoms with van der Waals surface area (Å²) in [5.74, 6) is 0.671. The van der Waals surface area contributed by atoms with Gasteiger partial charge in [0.25, 0.3) is 0 Å². The molecule has 0 saturated heterocycles. The predicted molar refractivity (Wildman–Crippen MR) is 59.2 cm³/mol. The van der Waals surface area contributed by atoms with Gasteiger partial charge in [-0.3, -0.25) is 0 Å². The van der Waals surface area contributed by atoms with Crippen molar-refractivity contribution >= 4 is 0 Å². The Labute approximate surface area is 87.6 Å². The Morgan fingerprint density at radius 2 is 1.93 bits per heavy atom. The summed E-state index contributed by atoms with van der Waals surface area (Å²) in [6, 6.07) is 0. The van der Waals surface area contributed by atoms with Crippen molar-refractivity contribution in [3.63, 3.8) is 0 Å². The zero-order valence-electron chi connectivity index (χ0n) is 9.92. The fraction of sp³-hybridized carbons (Fsp3) is 1.00. The molecular weight excluding hydrogens is 178 g/mol. The van der Waals surface area contributed by atoms with E-state index in [1.807, 2.05) is 13.8 Å². The largest absolute Gasteiger partial charge is 0.394 e. The van der Waals surface area contributed by atoms with Gasteiger partial charge in [0.15, 0.2) is 0 Å². The van der Waals surface area contributed by atoms with Gasteiger partial charge < -0.3 is 15.6 Å². The van der Waals surface area contributed by atoms with E-state index in [9.17, 15) is 0 Å². The summed E-state index contributed by atoms with van der Waals surface area (Å²) in [7, 11) is 0. The lowest BCUT2D eigenvalue weighted by molar-refractivity contribution is 0.0312. The van der Waals surface area contributed by atoms with Gasteiger partial charge in [-0.25, -0.2) is 0 Å². The van der Waals surface area contributed by atoms with Crippen LogP contribution in [0.15, 0.2) is 0 Å². The minimum absolute atomic E-state index is 0.00484. The van der Waals surface area contributed by atoms with Crippen LogP contribution in [0.4, 0.5) is 0 Å². The molecule has 0 aliphatic rings. The third-order valence-corrected chi connectivity index (χ3v) is 2.21. The van der Waals surface area contributed by atoms with E-state index in [1.165, 1.54) is 0 Å². The van der Waals surface area contributed by atoms with Crippen molar-refractivity contribution in [2.45, 2.75) is 52.2 Å². The average molecular weight is 203 g/mol. The standard InChI is InChI=1S/C11H25NO2/c1-9(2)5-6-14-10(3)7-11(4,12)8-13/h9-10,13H,5-8,12H2,1-4H3. The molecule has 0 aromatic rings. The normalized spacial score (nSPS) is 18.2. The minimum Gasteiger partial charge on any atom is -0.394 e. The fourth-order valence-electron chi connectivity index (χ4n) is 1.29. The number of nitrogens with two attached hydrogens (primary N) is 1. The summed E-state index contributed by atoms with van der Waals surface area (Å²) >= 11 is 0. The number of ether oxygens (including phenoxy) is 1. The minimum atomic E-state index is -0.517. The van der Waals surface area contributed by atoms with E-state index in [0.29, 0.717) is 12.3 Å². The Morgan fingerprint density at radius 1 is 1.36 bits per heavy atom. The summed E-state index contributed by atoms with van der Waals surface area (Å²) in [4.78, 5) is 0. The molecule has 0 bridgehead atoms. The Morgan fingerprint density at radius 3 is 2.36 bits per heavy atom. The molecule has 3 nitrogen and oxygen atoms in total. The quantitative estimate of drug-likeness (QED) is 0.660. The van der Waals surface area contributed by atoms with E-state index in [-0.39, 0.29) is 12.7 Å². The number of aliphatic hydroxyl groups excluding tert-OH is 1. The molecule has 0 fully saturated rings. The van der Waals surface area contributed by atoms with Gasteiger partial charge in [-0.2, -0.15) is 0 Å². The zero-order chi connectivity index (χ0) is 11.2. The highest BCUT2D eigenvalue weighted by Gasteiger charge is 2.20. The Balaban J connectivity index is 3.60. The molecule has 2 atom stereocenters. The number of hydrogen-bond acceptors (Lipinski definition) is 3. The van der Waals surface area contributed by atoms with E-state index in [1.54, 1.807) is 0 Å². The second kappa shape index (κ2) is 6.38. The third-order valence-electron chi connectivity index (χ3n) is 2.21. The summed E-state index contributed by atoms with van der Waals surface area (Å²) in [6.07, 6.45) is 1.89. The van der Waals surface area contributed by atoms with Crippen molar-refractivity contribution in [1.29, 1.82) is 0 Å². The van der Waals surface area contributed by atoms with Crippen molar-refractivity contribution in [1.82, 2.24) is 0 Å².